The van der Waals surface area contributed by atoms with Gasteiger partial charge in [-0.05, 0) is 31.1 Å². The monoisotopic (exact) mass is 194 g/mol. The summed E-state index contributed by atoms with van der Waals surface area (Å²) < 4.78 is 11.7. The van der Waals surface area contributed by atoms with E-state index in [1.165, 1.54) is 19.3 Å². The molecule has 2 nitrogen and oxygen atoms in total. The average Bonchev–Trinajstić information content (AvgIpc) is 2.88. The van der Waals surface area contributed by atoms with Gasteiger partial charge in [0.1, 0.15) is 0 Å². The maximum absolute atomic E-state index is 5.85. The zero-order valence-electron chi connectivity index (χ0n) is 8.58. The highest BCUT2D eigenvalue weighted by Gasteiger charge is 2.56. The second-order valence-corrected chi connectivity index (χ2v) is 4.79. The van der Waals surface area contributed by atoms with Crippen LogP contribution >= 0.6 is 0 Å². The molecule has 14 heavy (non-hydrogen) atoms. The third kappa shape index (κ3) is 1.04. The van der Waals surface area contributed by atoms with Gasteiger partial charge in [-0.2, -0.15) is 0 Å². The first-order chi connectivity index (χ1) is 6.86. The first kappa shape index (κ1) is 8.93. The summed E-state index contributed by atoms with van der Waals surface area (Å²) in [5, 5.41) is 0. The van der Waals surface area contributed by atoms with Crippen LogP contribution in [0.4, 0.5) is 0 Å². The zero-order valence-corrected chi connectivity index (χ0v) is 8.58. The van der Waals surface area contributed by atoms with Gasteiger partial charge in [0.2, 0.25) is 0 Å². The molecule has 78 valence electrons. The molecule has 2 saturated carbocycles. The van der Waals surface area contributed by atoms with Crippen LogP contribution in [0.25, 0.3) is 0 Å². The van der Waals surface area contributed by atoms with Gasteiger partial charge in [-0.15, -0.1) is 6.58 Å². The van der Waals surface area contributed by atoms with Gasteiger partial charge in [-0.3, -0.25) is 0 Å². The topological polar surface area (TPSA) is 18.5 Å². The molecular weight excluding hydrogens is 176 g/mol. The van der Waals surface area contributed by atoms with Crippen molar-refractivity contribution in [3.63, 3.8) is 0 Å². The van der Waals surface area contributed by atoms with Gasteiger partial charge in [0.05, 0.1) is 13.2 Å². The summed E-state index contributed by atoms with van der Waals surface area (Å²) in [7, 11) is 0. The third-order valence-corrected chi connectivity index (χ3v) is 4.35. The minimum Gasteiger partial charge on any atom is -0.347 e. The number of ether oxygens (including phenoxy) is 2. The summed E-state index contributed by atoms with van der Waals surface area (Å²) in [5.74, 6) is 1.97. The predicted octanol–water partition coefficient (Wildman–Crippen LogP) is 2.35. The molecule has 0 unspecified atom stereocenters. The molecule has 1 aliphatic heterocycles. The normalized spacial score (nSPS) is 44.4. The Hall–Kier alpha value is -0.340. The van der Waals surface area contributed by atoms with Gasteiger partial charge in [0, 0.05) is 12.3 Å². The van der Waals surface area contributed by atoms with Crippen LogP contribution < -0.4 is 0 Å². The Balaban J connectivity index is 1.84. The van der Waals surface area contributed by atoms with Crippen LogP contribution in [0.1, 0.15) is 25.7 Å². The van der Waals surface area contributed by atoms with Crippen molar-refractivity contribution in [3.8, 4) is 0 Å². The Morgan fingerprint density at radius 2 is 1.93 bits per heavy atom. The van der Waals surface area contributed by atoms with E-state index in [-0.39, 0.29) is 5.79 Å². The van der Waals surface area contributed by atoms with Crippen LogP contribution in [0, 0.1) is 17.8 Å². The number of fused-ring (bicyclic) bond motifs is 2. The van der Waals surface area contributed by atoms with Crippen LogP contribution in [0.15, 0.2) is 12.7 Å². The molecule has 0 aromatic carbocycles. The second-order valence-electron chi connectivity index (χ2n) is 4.79. The van der Waals surface area contributed by atoms with E-state index >= 15 is 0 Å². The van der Waals surface area contributed by atoms with Crippen LogP contribution in [0.2, 0.25) is 0 Å². The highest BCUT2D eigenvalue weighted by atomic mass is 16.7. The first-order valence-corrected chi connectivity index (χ1v) is 5.76. The number of hydrogen-bond donors (Lipinski definition) is 0. The van der Waals surface area contributed by atoms with E-state index in [1.54, 1.807) is 0 Å². The Morgan fingerprint density at radius 3 is 2.64 bits per heavy atom. The van der Waals surface area contributed by atoms with Crippen LogP contribution in [0.5, 0.6) is 0 Å². The molecule has 0 aromatic rings. The summed E-state index contributed by atoms with van der Waals surface area (Å²) in [5.41, 5.74) is 0. The standard InChI is InChI=1S/C12H18O2/c1-2-9-3-4-11-10(9)5-6-12(11)13-7-8-14-12/h2,9-11H,1,3-8H2/t9-,10-,11+/m1/s1. The fourth-order valence-corrected chi connectivity index (χ4v) is 3.73. The largest absolute Gasteiger partial charge is 0.347 e. The van der Waals surface area contributed by atoms with E-state index in [0.717, 1.165) is 25.6 Å². The molecule has 0 radical (unpaired) electrons. The van der Waals surface area contributed by atoms with Crippen molar-refractivity contribution in [1.29, 1.82) is 0 Å². The summed E-state index contributed by atoms with van der Waals surface area (Å²) in [6.45, 7) is 5.52. The third-order valence-electron chi connectivity index (χ3n) is 4.35. The zero-order chi connectivity index (χ0) is 9.60. The molecule has 3 fully saturated rings. The fraction of sp³-hybridized carbons (Fsp3) is 0.833. The van der Waals surface area contributed by atoms with Gasteiger partial charge in [-0.1, -0.05) is 6.08 Å². The number of allylic oxidation sites excluding steroid dienone is 1. The van der Waals surface area contributed by atoms with Gasteiger partial charge in [0.25, 0.3) is 0 Å². The second kappa shape index (κ2) is 3.07. The molecule has 0 N–H and O–H groups in total. The predicted molar refractivity (Wildman–Crippen MR) is 53.8 cm³/mol. The van der Waals surface area contributed by atoms with Crippen molar-refractivity contribution in [2.75, 3.05) is 13.2 Å². The van der Waals surface area contributed by atoms with Gasteiger partial charge in [-0.25, -0.2) is 0 Å². The summed E-state index contributed by atoms with van der Waals surface area (Å²) >= 11 is 0. The van der Waals surface area contributed by atoms with Crippen molar-refractivity contribution >= 4 is 0 Å². The lowest BCUT2D eigenvalue weighted by atomic mass is 9.91. The molecule has 1 saturated heterocycles. The van der Waals surface area contributed by atoms with Gasteiger partial charge < -0.3 is 9.47 Å². The van der Waals surface area contributed by atoms with E-state index in [2.05, 4.69) is 12.7 Å². The molecule has 3 rings (SSSR count). The maximum Gasteiger partial charge on any atom is 0.171 e. The maximum atomic E-state index is 5.85. The van der Waals surface area contributed by atoms with Crippen molar-refractivity contribution in [2.24, 2.45) is 17.8 Å². The number of rotatable bonds is 1. The summed E-state index contributed by atoms with van der Waals surface area (Å²) in [4.78, 5) is 0. The summed E-state index contributed by atoms with van der Waals surface area (Å²) in [6.07, 6.45) is 7.06. The van der Waals surface area contributed by atoms with E-state index in [0.29, 0.717) is 11.8 Å². The highest BCUT2D eigenvalue weighted by Crippen LogP contribution is 2.55. The van der Waals surface area contributed by atoms with E-state index < -0.39 is 0 Å². The van der Waals surface area contributed by atoms with Crippen molar-refractivity contribution in [2.45, 2.75) is 31.5 Å². The minimum atomic E-state index is -0.178. The minimum absolute atomic E-state index is 0.178. The fourth-order valence-electron chi connectivity index (χ4n) is 3.73. The van der Waals surface area contributed by atoms with E-state index in [1.807, 2.05) is 0 Å². The van der Waals surface area contributed by atoms with E-state index in [9.17, 15) is 0 Å². The Labute approximate surface area is 85.3 Å². The Kier molecular flexibility index (Phi) is 1.96. The van der Waals surface area contributed by atoms with Crippen molar-refractivity contribution < 1.29 is 9.47 Å². The molecule has 1 heterocycles. The molecular formula is C12H18O2. The quantitative estimate of drug-likeness (QED) is 0.596. The molecule has 3 aliphatic rings. The molecule has 3 atom stereocenters. The SMILES string of the molecule is C=C[C@@H]1CC[C@H]2[C@@H]1CCC21OCCO1. The van der Waals surface area contributed by atoms with E-state index in [4.69, 9.17) is 9.47 Å². The Bertz CT molecular complexity index is 243. The number of hydrogen-bond acceptors (Lipinski definition) is 2. The molecule has 0 bridgehead atoms. The first-order valence-electron chi connectivity index (χ1n) is 5.76. The molecule has 0 amide bonds. The van der Waals surface area contributed by atoms with Crippen LogP contribution in [-0.4, -0.2) is 19.0 Å². The highest BCUT2D eigenvalue weighted by molar-refractivity contribution is 5.04. The molecule has 1 spiro atoms. The van der Waals surface area contributed by atoms with Crippen LogP contribution in [0.3, 0.4) is 0 Å². The van der Waals surface area contributed by atoms with Crippen molar-refractivity contribution in [1.82, 2.24) is 0 Å². The lowest BCUT2D eigenvalue weighted by molar-refractivity contribution is -0.183. The van der Waals surface area contributed by atoms with Crippen molar-refractivity contribution in [3.05, 3.63) is 12.7 Å². The van der Waals surface area contributed by atoms with Gasteiger partial charge in [0.15, 0.2) is 5.79 Å². The van der Waals surface area contributed by atoms with Crippen LogP contribution in [-0.2, 0) is 9.47 Å². The lowest BCUT2D eigenvalue weighted by Gasteiger charge is -2.28. The summed E-state index contributed by atoms with van der Waals surface area (Å²) in [6, 6.07) is 0. The van der Waals surface area contributed by atoms with Gasteiger partial charge >= 0.3 is 0 Å². The lowest BCUT2D eigenvalue weighted by Crippen LogP contribution is -2.35. The average molecular weight is 194 g/mol. The molecule has 2 aliphatic carbocycles. The molecule has 0 aromatic heterocycles. The smallest absolute Gasteiger partial charge is 0.171 e. The Morgan fingerprint density at radius 1 is 1.14 bits per heavy atom. The molecule has 2 heteroatoms.